The SMILES string of the molecule is CCNc1cc(NCC2CCN(C)C2)nc(COC)n1. The molecular weight excluding hydrogens is 254 g/mol. The van der Waals surface area contributed by atoms with Crippen molar-refractivity contribution in [2.75, 3.05) is 51.0 Å². The first-order valence-corrected chi connectivity index (χ1v) is 7.24. The first-order valence-electron chi connectivity index (χ1n) is 7.24. The summed E-state index contributed by atoms with van der Waals surface area (Å²) in [6.45, 7) is 6.63. The summed E-state index contributed by atoms with van der Waals surface area (Å²) in [5.74, 6) is 3.12. The first kappa shape index (κ1) is 15.0. The molecular formula is C14H25N5O. The molecule has 0 spiro atoms. The number of aromatic nitrogens is 2. The number of hydrogen-bond donors (Lipinski definition) is 2. The highest BCUT2D eigenvalue weighted by molar-refractivity contribution is 5.47. The molecule has 1 fully saturated rings. The van der Waals surface area contributed by atoms with Gasteiger partial charge in [0.05, 0.1) is 0 Å². The molecule has 1 aliphatic heterocycles. The van der Waals surface area contributed by atoms with Gasteiger partial charge in [-0.05, 0) is 32.9 Å². The van der Waals surface area contributed by atoms with Crippen LogP contribution in [0.2, 0.25) is 0 Å². The molecule has 1 unspecified atom stereocenters. The van der Waals surface area contributed by atoms with Gasteiger partial charge in [0, 0.05) is 32.8 Å². The lowest BCUT2D eigenvalue weighted by atomic mass is 10.1. The summed E-state index contributed by atoms with van der Waals surface area (Å²) in [4.78, 5) is 11.3. The van der Waals surface area contributed by atoms with E-state index in [0.29, 0.717) is 18.3 Å². The van der Waals surface area contributed by atoms with E-state index in [2.05, 4.69) is 39.5 Å². The molecule has 112 valence electrons. The van der Waals surface area contributed by atoms with Crippen LogP contribution >= 0.6 is 0 Å². The van der Waals surface area contributed by atoms with Crippen LogP contribution in [0.25, 0.3) is 0 Å². The lowest BCUT2D eigenvalue weighted by molar-refractivity contribution is 0.178. The van der Waals surface area contributed by atoms with Gasteiger partial charge in [-0.1, -0.05) is 0 Å². The van der Waals surface area contributed by atoms with Crippen LogP contribution in [0.3, 0.4) is 0 Å². The van der Waals surface area contributed by atoms with E-state index >= 15 is 0 Å². The van der Waals surface area contributed by atoms with Crippen LogP contribution in [0, 0.1) is 5.92 Å². The van der Waals surface area contributed by atoms with Gasteiger partial charge in [0.2, 0.25) is 0 Å². The predicted octanol–water partition coefficient (Wildman–Crippen LogP) is 1.42. The number of ether oxygens (including phenoxy) is 1. The minimum atomic E-state index is 0.431. The maximum absolute atomic E-state index is 5.12. The summed E-state index contributed by atoms with van der Waals surface area (Å²) >= 11 is 0. The molecule has 2 heterocycles. The van der Waals surface area contributed by atoms with Crippen LogP contribution in [0.15, 0.2) is 6.07 Å². The van der Waals surface area contributed by atoms with Gasteiger partial charge in [0.15, 0.2) is 5.82 Å². The van der Waals surface area contributed by atoms with Crippen molar-refractivity contribution in [1.29, 1.82) is 0 Å². The van der Waals surface area contributed by atoms with Crippen molar-refractivity contribution in [3.05, 3.63) is 11.9 Å². The predicted molar refractivity (Wildman–Crippen MR) is 81.0 cm³/mol. The second kappa shape index (κ2) is 7.40. The molecule has 1 saturated heterocycles. The molecule has 20 heavy (non-hydrogen) atoms. The average molecular weight is 279 g/mol. The maximum atomic E-state index is 5.12. The minimum Gasteiger partial charge on any atom is -0.377 e. The maximum Gasteiger partial charge on any atom is 0.158 e. The van der Waals surface area contributed by atoms with E-state index < -0.39 is 0 Å². The zero-order valence-electron chi connectivity index (χ0n) is 12.6. The van der Waals surface area contributed by atoms with Crippen LogP contribution in [-0.4, -0.2) is 55.2 Å². The second-order valence-electron chi connectivity index (χ2n) is 5.32. The average Bonchev–Trinajstić information content (AvgIpc) is 2.83. The number of hydrogen-bond acceptors (Lipinski definition) is 6. The monoisotopic (exact) mass is 279 g/mol. The highest BCUT2D eigenvalue weighted by Gasteiger charge is 2.19. The fourth-order valence-electron chi connectivity index (χ4n) is 2.49. The van der Waals surface area contributed by atoms with Crippen molar-refractivity contribution in [3.8, 4) is 0 Å². The van der Waals surface area contributed by atoms with Crippen molar-refractivity contribution in [1.82, 2.24) is 14.9 Å². The standard InChI is InChI=1S/C14H25N5O/c1-4-15-12-7-13(18-14(17-12)10-20-3)16-8-11-5-6-19(2)9-11/h7,11H,4-6,8-10H2,1-3H3,(H2,15,16,17,18). The van der Waals surface area contributed by atoms with Gasteiger partial charge >= 0.3 is 0 Å². The van der Waals surface area contributed by atoms with Gasteiger partial charge in [-0.15, -0.1) is 0 Å². The van der Waals surface area contributed by atoms with Gasteiger partial charge in [-0.3, -0.25) is 0 Å². The number of anilines is 2. The molecule has 0 bridgehead atoms. The Balaban J connectivity index is 1.98. The minimum absolute atomic E-state index is 0.431. The largest absolute Gasteiger partial charge is 0.377 e. The molecule has 1 aliphatic rings. The molecule has 2 N–H and O–H groups in total. The molecule has 6 heteroatoms. The second-order valence-corrected chi connectivity index (χ2v) is 5.32. The zero-order chi connectivity index (χ0) is 14.4. The fourth-order valence-corrected chi connectivity index (χ4v) is 2.49. The third-order valence-electron chi connectivity index (χ3n) is 3.46. The molecule has 0 saturated carbocycles. The van der Waals surface area contributed by atoms with Gasteiger partial charge in [-0.25, -0.2) is 9.97 Å². The van der Waals surface area contributed by atoms with E-state index in [1.165, 1.54) is 13.0 Å². The highest BCUT2D eigenvalue weighted by atomic mass is 16.5. The van der Waals surface area contributed by atoms with Gasteiger partial charge in [0.1, 0.15) is 18.2 Å². The summed E-state index contributed by atoms with van der Waals surface area (Å²) < 4.78 is 5.12. The first-order chi connectivity index (χ1) is 9.71. The molecule has 1 atom stereocenters. The van der Waals surface area contributed by atoms with E-state index in [0.717, 1.165) is 31.3 Å². The Bertz CT molecular complexity index is 402. The van der Waals surface area contributed by atoms with E-state index in [1.54, 1.807) is 7.11 Å². The summed E-state index contributed by atoms with van der Waals surface area (Å²) in [6.07, 6.45) is 1.25. The Morgan fingerprint density at radius 2 is 2.10 bits per heavy atom. The number of nitrogens with one attached hydrogen (secondary N) is 2. The van der Waals surface area contributed by atoms with E-state index in [1.807, 2.05) is 6.07 Å². The number of methoxy groups -OCH3 is 1. The third-order valence-corrected chi connectivity index (χ3v) is 3.46. The Labute approximate surface area is 120 Å². The van der Waals surface area contributed by atoms with Crippen LogP contribution in [0.1, 0.15) is 19.2 Å². The smallest absolute Gasteiger partial charge is 0.158 e. The Morgan fingerprint density at radius 3 is 2.70 bits per heavy atom. The Kier molecular flexibility index (Phi) is 5.55. The molecule has 1 aromatic rings. The summed E-state index contributed by atoms with van der Waals surface area (Å²) in [5, 5.41) is 6.66. The molecule has 0 aromatic carbocycles. The molecule has 0 aliphatic carbocycles. The Hall–Kier alpha value is -1.40. The lowest BCUT2D eigenvalue weighted by Crippen LogP contribution is -2.20. The molecule has 6 nitrogen and oxygen atoms in total. The van der Waals surface area contributed by atoms with Crippen molar-refractivity contribution < 1.29 is 4.74 Å². The van der Waals surface area contributed by atoms with Crippen molar-refractivity contribution in [3.63, 3.8) is 0 Å². The quantitative estimate of drug-likeness (QED) is 0.787. The van der Waals surface area contributed by atoms with Crippen LogP contribution < -0.4 is 10.6 Å². The summed E-state index contributed by atoms with van der Waals surface area (Å²) in [7, 11) is 3.83. The molecule has 0 amide bonds. The highest BCUT2D eigenvalue weighted by Crippen LogP contribution is 2.17. The lowest BCUT2D eigenvalue weighted by Gasteiger charge is -2.14. The number of nitrogens with zero attached hydrogens (tertiary/aromatic N) is 3. The normalized spacial score (nSPS) is 19.2. The van der Waals surface area contributed by atoms with Crippen LogP contribution in [-0.2, 0) is 11.3 Å². The molecule has 1 aromatic heterocycles. The fraction of sp³-hybridized carbons (Fsp3) is 0.714. The van der Waals surface area contributed by atoms with E-state index in [9.17, 15) is 0 Å². The van der Waals surface area contributed by atoms with E-state index in [-0.39, 0.29) is 0 Å². The van der Waals surface area contributed by atoms with Gasteiger partial charge < -0.3 is 20.3 Å². The van der Waals surface area contributed by atoms with Crippen LogP contribution in [0.4, 0.5) is 11.6 Å². The van der Waals surface area contributed by atoms with Crippen molar-refractivity contribution in [2.45, 2.75) is 20.0 Å². The Morgan fingerprint density at radius 1 is 1.35 bits per heavy atom. The molecule has 0 radical (unpaired) electrons. The topological polar surface area (TPSA) is 62.3 Å². The zero-order valence-corrected chi connectivity index (χ0v) is 12.6. The summed E-state index contributed by atoms with van der Waals surface area (Å²) in [6, 6.07) is 1.96. The van der Waals surface area contributed by atoms with Gasteiger partial charge in [0.25, 0.3) is 0 Å². The van der Waals surface area contributed by atoms with Gasteiger partial charge in [-0.2, -0.15) is 0 Å². The summed E-state index contributed by atoms with van der Waals surface area (Å²) in [5.41, 5.74) is 0. The molecule has 2 rings (SSSR count). The third kappa shape index (κ3) is 4.31. The number of likely N-dealkylation sites (tertiary alicyclic amines) is 1. The number of rotatable bonds is 7. The van der Waals surface area contributed by atoms with Crippen molar-refractivity contribution >= 4 is 11.6 Å². The van der Waals surface area contributed by atoms with E-state index in [4.69, 9.17) is 4.74 Å². The van der Waals surface area contributed by atoms with Crippen molar-refractivity contribution in [2.24, 2.45) is 5.92 Å². The van der Waals surface area contributed by atoms with Crippen LogP contribution in [0.5, 0.6) is 0 Å².